The lowest BCUT2D eigenvalue weighted by Gasteiger charge is -2.47. The first-order valence-electron chi connectivity index (χ1n) is 13.0. The Bertz CT molecular complexity index is 1570. The molecule has 1 N–H and O–H groups in total. The number of aryl methyl sites for hydroxylation is 1. The van der Waals surface area contributed by atoms with Crippen LogP contribution in [0.4, 0.5) is 0 Å². The Labute approximate surface area is 214 Å². The van der Waals surface area contributed by atoms with E-state index in [2.05, 4.69) is 0 Å². The summed E-state index contributed by atoms with van der Waals surface area (Å²) >= 11 is 0. The van der Waals surface area contributed by atoms with Gasteiger partial charge in [-0.05, 0) is 55.5 Å². The number of nitrogens with zero attached hydrogens (tertiary/aromatic N) is 1. The Hall–Kier alpha value is -3.58. The van der Waals surface area contributed by atoms with Gasteiger partial charge in [0.2, 0.25) is 5.91 Å². The fourth-order valence-electron chi connectivity index (χ4n) is 6.19. The number of likely N-dealkylation sites (tertiary alicyclic amines) is 1. The highest BCUT2D eigenvalue weighted by Gasteiger charge is 2.43. The maximum Gasteiger partial charge on any atom is 0.340 e. The van der Waals surface area contributed by atoms with Gasteiger partial charge in [0.15, 0.2) is 0 Å². The van der Waals surface area contributed by atoms with Crippen molar-refractivity contribution in [1.29, 1.82) is 0 Å². The number of rotatable bonds is 4. The Morgan fingerprint density at radius 1 is 1.16 bits per heavy atom. The van der Waals surface area contributed by atoms with Crippen molar-refractivity contribution in [1.82, 2.24) is 4.90 Å². The standard InChI is InChI=1S/C30H31NO6/c1-18-22-13-24-25(19-6-5-8-21(12-19)35-2)17-36-26(24)15-27(22)37-29(33)23(18)14-28(32)31-11-10-30(34)9-4-3-7-20(30)16-31/h5-6,8,12-13,15,17,20,34H,3-4,7,9-11,14,16H2,1-2H3/t20-,30+/m1/s1. The molecule has 4 aromatic rings. The normalized spacial score (nSPS) is 21.8. The molecule has 0 bridgehead atoms. The number of carbonyl (C=O) groups is 1. The summed E-state index contributed by atoms with van der Waals surface area (Å²) in [5.41, 5.74) is 2.89. The van der Waals surface area contributed by atoms with E-state index in [9.17, 15) is 14.7 Å². The van der Waals surface area contributed by atoms with Gasteiger partial charge in [-0.2, -0.15) is 0 Å². The van der Waals surface area contributed by atoms with E-state index in [0.29, 0.717) is 36.2 Å². The smallest absolute Gasteiger partial charge is 0.340 e. The van der Waals surface area contributed by atoms with Crippen LogP contribution in [0.1, 0.15) is 43.2 Å². The van der Waals surface area contributed by atoms with E-state index >= 15 is 0 Å². The van der Waals surface area contributed by atoms with E-state index in [1.807, 2.05) is 42.2 Å². The highest BCUT2D eigenvalue weighted by molar-refractivity contribution is 6.02. The van der Waals surface area contributed by atoms with E-state index in [0.717, 1.165) is 58.9 Å². The summed E-state index contributed by atoms with van der Waals surface area (Å²) in [5.74, 6) is 0.765. The zero-order valence-corrected chi connectivity index (χ0v) is 21.2. The fraction of sp³-hybridized carbons (Fsp3) is 0.400. The maximum absolute atomic E-state index is 13.3. The van der Waals surface area contributed by atoms with Crippen molar-refractivity contribution in [3.8, 4) is 16.9 Å². The summed E-state index contributed by atoms with van der Waals surface area (Å²) in [5, 5.41) is 12.6. The first-order valence-corrected chi connectivity index (χ1v) is 13.0. The monoisotopic (exact) mass is 501 g/mol. The average Bonchev–Trinajstić information content (AvgIpc) is 3.32. The predicted molar refractivity (Wildman–Crippen MR) is 141 cm³/mol. The fourth-order valence-corrected chi connectivity index (χ4v) is 6.19. The molecular formula is C30H31NO6. The topological polar surface area (TPSA) is 93.1 Å². The summed E-state index contributed by atoms with van der Waals surface area (Å²) < 4.78 is 16.9. The lowest BCUT2D eigenvalue weighted by molar-refractivity contribution is -0.142. The summed E-state index contributed by atoms with van der Waals surface area (Å²) in [4.78, 5) is 28.1. The third-order valence-corrected chi connectivity index (χ3v) is 8.47. The first kappa shape index (κ1) is 23.8. The SMILES string of the molecule is COc1cccc(-c2coc3cc4oc(=O)c(CC(=O)N5CC[C@@]6(O)CCCC[C@@H]6C5)c(C)c4cc23)c1. The summed E-state index contributed by atoms with van der Waals surface area (Å²) in [7, 11) is 1.63. The molecule has 2 aromatic heterocycles. The number of hydrogen-bond donors (Lipinski definition) is 1. The number of fused-ring (bicyclic) bond motifs is 3. The first-order chi connectivity index (χ1) is 17.9. The van der Waals surface area contributed by atoms with Crippen LogP contribution in [0.2, 0.25) is 0 Å². The zero-order valence-electron chi connectivity index (χ0n) is 21.2. The number of benzene rings is 2. The Morgan fingerprint density at radius 2 is 2.03 bits per heavy atom. The van der Waals surface area contributed by atoms with Crippen molar-refractivity contribution in [3.63, 3.8) is 0 Å². The number of aliphatic hydroxyl groups is 1. The molecule has 2 fully saturated rings. The number of piperidine rings is 1. The van der Waals surface area contributed by atoms with Gasteiger partial charge in [0.1, 0.15) is 16.9 Å². The van der Waals surface area contributed by atoms with E-state index in [-0.39, 0.29) is 18.2 Å². The van der Waals surface area contributed by atoms with Gasteiger partial charge in [0.05, 0.1) is 31.0 Å². The Kier molecular flexibility index (Phi) is 5.83. The van der Waals surface area contributed by atoms with Gasteiger partial charge in [-0.1, -0.05) is 25.0 Å². The molecule has 7 heteroatoms. The molecule has 7 nitrogen and oxygen atoms in total. The third kappa shape index (κ3) is 4.11. The van der Waals surface area contributed by atoms with Crippen LogP contribution in [0.3, 0.4) is 0 Å². The van der Waals surface area contributed by atoms with Crippen LogP contribution in [0.25, 0.3) is 33.1 Å². The van der Waals surface area contributed by atoms with E-state index in [4.69, 9.17) is 13.6 Å². The molecular weight excluding hydrogens is 470 g/mol. The van der Waals surface area contributed by atoms with E-state index in [1.54, 1.807) is 19.4 Å². The lowest BCUT2D eigenvalue weighted by Crippen LogP contribution is -2.55. The van der Waals surface area contributed by atoms with Crippen molar-refractivity contribution >= 4 is 27.8 Å². The molecule has 192 valence electrons. The van der Waals surface area contributed by atoms with Crippen LogP contribution < -0.4 is 10.4 Å². The predicted octanol–water partition coefficient (Wildman–Crippen LogP) is 5.22. The van der Waals surface area contributed by atoms with Gasteiger partial charge in [0.25, 0.3) is 0 Å². The minimum atomic E-state index is -0.649. The maximum atomic E-state index is 13.3. The molecule has 0 radical (unpaired) electrons. The Morgan fingerprint density at radius 3 is 2.86 bits per heavy atom. The zero-order chi connectivity index (χ0) is 25.7. The quantitative estimate of drug-likeness (QED) is 0.386. The van der Waals surface area contributed by atoms with E-state index in [1.165, 1.54) is 0 Å². The minimum absolute atomic E-state index is 0.0125. The van der Waals surface area contributed by atoms with Gasteiger partial charge in [-0.25, -0.2) is 4.79 Å². The van der Waals surface area contributed by atoms with Crippen molar-refractivity contribution in [2.45, 2.75) is 51.0 Å². The second-order valence-corrected chi connectivity index (χ2v) is 10.5. The van der Waals surface area contributed by atoms with Crippen molar-refractivity contribution in [2.24, 2.45) is 5.92 Å². The van der Waals surface area contributed by atoms with Crippen LogP contribution in [0, 0.1) is 12.8 Å². The molecule has 1 aliphatic heterocycles. The highest BCUT2D eigenvalue weighted by atomic mass is 16.5. The summed E-state index contributed by atoms with van der Waals surface area (Å²) in [6.07, 6.45) is 6.16. The number of carbonyl (C=O) groups excluding carboxylic acids is 1. The van der Waals surface area contributed by atoms with Crippen molar-refractivity contribution < 1.29 is 23.5 Å². The molecule has 0 unspecified atom stereocenters. The molecule has 1 saturated heterocycles. The number of furan rings is 1. The third-order valence-electron chi connectivity index (χ3n) is 8.47. The van der Waals surface area contributed by atoms with Gasteiger partial charge in [-0.3, -0.25) is 4.79 Å². The van der Waals surface area contributed by atoms with Crippen LogP contribution >= 0.6 is 0 Å². The molecule has 1 aliphatic carbocycles. The van der Waals surface area contributed by atoms with Gasteiger partial charge >= 0.3 is 5.63 Å². The number of amides is 1. The van der Waals surface area contributed by atoms with Crippen LogP contribution in [-0.2, 0) is 11.2 Å². The summed E-state index contributed by atoms with van der Waals surface area (Å²) in [6.45, 7) is 2.94. The van der Waals surface area contributed by atoms with Crippen molar-refractivity contribution in [3.05, 3.63) is 64.2 Å². The van der Waals surface area contributed by atoms with Crippen LogP contribution in [0.15, 0.2) is 56.3 Å². The minimum Gasteiger partial charge on any atom is -0.497 e. The second-order valence-electron chi connectivity index (χ2n) is 10.5. The number of methoxy groups -OCH3 is 1. The molecule has 2 aromatic carbocycles. The largest absolute Gasteiger partial charge is 0.497 e. The van der Waals surface area contributed by atoms with Crippen molar-refractivity contribution in [2.75, 3.05) is 20.2 Å². The molecule has 1 saturated carbocycles. The molecule has 0 spiro atoms. The summed E-state index contributed by atoms with van der Waals surface area (Å²) in [6, 6.07) is 11.5. The van der Waals surface area contributed by atoms with Gasteiger partial charge in [-0.15, -0.1) is 0 Å². The molecule has 3 heterocycles. The molecule has 6 rings (SSSR count). The lowest BCUT2D eigenvalue weighted by atomic mass is 9.71. The highest BCUT2D eigenvalue weighted by Crippen LogP contribution is 2.40. The van der Waals surface area contributed by atoms with Crippen LogP contribution in [0.5, 0.6) is 5.75 Å². The number of ether oxygens (including phenoxy) is 1. The average molecular weight is 502 g/mol. The second kappa shape index (κ2) is 9.06. The van der Waals surface area contributed by atoms with Crippen LogP contribution in [-0.4, -0.2) is 41.7 Å². The molecule has 2 aliphatic rings. The number of hydrogen-bond acceptors (Lipinski definition) is 6. The van der Waals surface area contributed by atoms with Gasteiger partial charge in [0, 0.05) is 41.4 Å². The van der Waals surface area contributed by atoms with E-state index < -0.39 is 11.2 Å². The Balaban J connectivity index is 1.34. The van der Waals surface area contributed by atoms with Gasteiger partial charge < -0.3 is 23.6 Å². The molecule has 2 atom stereocenters. The molecule has 37 heavy (non-hydrogen) atoms. The molecule has 1 amide bonds.